The Balaban J connectivity index is 1.89. The first kappa shape index (κ1) is 17.0. The number of aromatic nitrogens is 3. The molecule has 0 spiro atoms. The predicted molar refractivity (Wildman–Crippen MR) is 96.8 cm³/mol. The van der Waals surface area contributed by atoms with Crippen LogP contribution in [0.5, 0.6) is 0 Å². The van der Waals surface area contributed by atoms with E-state index in [0.29, 0.717) is 16.3 Å². The van der Waals surface area contributed by atoms with E-state index in [1.165, 1.54) is 17.8 Å². The molecule has 24 heavy (non-hydrogen) atoms. The molecule has 6 heteroatoms. The molecule has 0 unspecified atom stereocenters. The van der Waals surface area contributed by atoms with Crippen molar-refractivity contribution in [1.29, 1.82) is 0 Å². The van der Waals surface area contributed by atoms with E-state index in [4.69, 9.17) is 11.6 Å². The molecule has 1 aromatic heterocycles. The number of nitrogens with zero attached hydrogens (tertiary/aromatic N) is 3. The van der Waals surface area contributed by atoms with Gasteiger partial charge in [0.15, 0.2) is 11.0 Å². The third kappa shape index (κ3) is 3.32. The molecule has 0 saturated carbocycles. The molecular weight excluding hydrogens is 345 g/mol. The Kier molecular flexibility index (Phi) is 5.21. The molecule has 2 aromatic carbocycles. The molecule has 1 heterocycles. The number of thioether (sulfide) groups is 1. The fourth-order valence-electron chi connectivity index (χ4n) is 2.51. The fraction of sp³-hybridized carbons (Fsp3) is 0.222. The number of aryl methyl sites for hydroxylation is 1. The van der Waals surface area contributed by atoms with Crippen LogP contribution in [0.25, 0.3) is 11.4 Å². The Bertz CT molecular complexity index is 843. The highest BCUT2D eigenvalue weighted by Crippen LogP contribution is 2.30. The number of benzene rings is 2. The smallest absolute Gasteiger partial charge is 0.191 e. The van der Waals surface area contributed by atoms with Crippen LogP contribution in [0, 0.1) is 12.7 Å². The predicted octanol–water partition coefficient (Wildman–Crippen LogP) is 5.36. The van der Waals surface area contributed by atoms with Crippen LogP contribution in [-0.4, -0.2) is 14.8 Å². The van der Waals surface area contributed by atoms with Crippen LogP contribution in [0.4, 0.5) is 4.39 Å². The molecule has 0 amide bonds. The molecule has 3 aromatic rings. The zero-order valence-electron chi connectivity index (χ0n) is 13.5. The lowest BCUT2D eigenvalue weighted by molar-refractivity contribution is 0.617. The average Bonchev–Trinajstić information content (AvgIpc) is 2.97. The Hall–Kier alpha value is -1.85. The monoisotopic (exact) mass is 361 g/mol. The van der Waals surface area contributed by atoms with Gasteiger partial charge in [-0.2, -0.15) is 0 Å². The van der Waals surface area contributed by atoms with E-state index in [1.54, 1.807) is 12.1 Å². The van der Waals surface area contributed by atoms with E-state index in [1.807, 2.05) is 29.7 Å². The first-order chi connectivity index (χ1) is 11.6. The minimum Gasteiger partial charge on any atom is -0.302 e. The summed E-state index contributed by atoms with van der Waals surface area (Å²) >= 11 is 7.53. The molecule has 0 aliphatic rings. The average molecular weight is 362 g/mol. The van der Waals surface area contributed by atoms with Crippen molar-refractivity contribution in [2.75, 3.05) is 0 Å². The maximum Gasteiger partial charge on any atom is 0.191 e. The van der Waals surface area contributed by atoms with Crippen LogP contribution in [-0.2, 0) is 12.3 Å². The molecule has 0 fully saturated rings. The quantitative estimate of drug-likeness (QED) is 0.573. The maximum atomic E-state index is 13.9. The van der Waals surface area contributed by atoms with Gasteiger partial charge in [0.05, 0.1) is 0 Å². The Morgan fingerprint density at radius 3 is 2.62 bits per heavy atom. The topological polar surface area (TPSA) is 30.7 Å². The second-order valence-corrected chi connectivity index (χ2v) is 6.70. The van der Waals surface area contributed by atoms with Gasteiger partial charge in [-0.05, 0) is 31.5 Å². The summed E-state index contributed by atoms with van der Waals surface area (Å²) < 4.78 is 16.0. The SMILES string of the molecule is CCn1c(SCc2c(F)cccc2Cl)nnc1-c1ccccc1C. The van der Waals surface area contributed by atoms with Gasteiger partial charge < -0.3 is 4.57 Å². The van der Waals surface area contributed by atoms with Crippen LogP contribution in [0.1, 0.15) is 18.1 Å². The zero-order chi connectivity index (χ0) is 17.1. The van der Waals surface area contributed by atoms with E-state index < -0.39 is 0 Å². The zero-order valence-corrected chi connectivity index (χ0v) is 15.0. The highest BCUT2D eigenvalue weighted by atomic mass is 35.5. The van der Waals surface area contributed by atoms with Crippen molar-refractivity contribution in [2.45, 2.75) is 31.3 Å². The molecule has 0 saturated heterocycles. The van der Waals surface area contributed by atoms with Crippen molar-refractivity contribution in [3.05, 3.63) is 64.4 Å². The molecule has 0 aliphatic heterocycles. The molecule has 3 nitrogen and oxygen atoms in total. The minimum atomic E-state index is -0.295. The number of hydrogen-bond donors (Lipinski definition) is 0. The summed E-state index contributed by atoms with van der Waals surface area (Å²) in [5, 5.41) is 9.82. The Labute approximate surface area is 149 Å². The largest absolute Gasteiger partial charge is 0.302 e. The van der Waals surface area contributed by atoms with E-state index in [0.717, 1.165) is 28.7 Å². The van der Waals surface area contributed by atoms with Crippen LogP contribution < -0.4 is 0 Å². The lowest BCUT2D eigenvalue weighted by atomic mass is 10.1. The van der Waals surface area contributed by atoms with Gasteiger partial charge in [-0.1, -0.05) is 53.7 Å². The number of halogens is 2. The van der Waals surface area contributed by atoms with Gasteiger partial charge in [-0.3, -0.25) is 0 Å². The van der Waals surface area contributed by atoms with Gasteiger partial charge in [0.2, 0.25) is 0 Å². The highest BCUT2D eigenvalue weighted by Gasteiger charge is 2.16. The van der Waals surface area contributed by atoms with Gasteiger partial charge in [0, 0.05) is 28.4 Å². The van der Waals surface area contributed by atoms with Crippen LogP contribution in [0.2, 0.25) is 5.02 Å². The van der Waals surface area contributed by atoms with E-state index in [2.05, 4.69) is 23.2 Å². The van der Waals surface area contributed by atoms with Crippen LogP contribution in [0.3, 0.4) is 0 Å². The van der Waals surface area contributed by atoms with Gasteiger partial charge in [0.1, 0.15) is 5.82 Å². The molecule has 0 N–H and O–H groups in total. The normalized spacial score (nSPS) is 11.0. The van der Waals surface area contributed by atoms with Gasteiger partial charge in [-0.25, -0.2) is 4.39 Å². The molecule has 0 bridgehead atoms. The van der Waals surface area contributed by atoms with Gasteiger partial charge in [0.25, 0.3) is 0 Å². The van der Waals surface area contributed by atoms with Crippen molar-refractivity contribution in [3.63, 3.8) is 0 Å². The van der Waals surface area contributed by atoms with E-state index in [-0.39, 0.29) is 5.82 Å². The summed E-state index contributed by atoms with van der Waals surface area (Å²) in [6.07, 6.45) is 0. The summed E-state index contributed by atoms with van der Waals surface area (Å²) in [5.74, 6) is 0.951. The molecule has 0 radical (unpaired) electrons. The Morgan fingerprint density at radius 2 is 1.92 bits per heavy atom. The third-order valence-corrected chi connectivity index (χ3v) is 5.17. The van der Waals surface area contributed by atoms with Crippen LogP contribution >= 0.6 is 23.4 Å². The van der Waals surface area contributed by atoms with Crippen molar-refractivity contribution < 1.29 is 4.39 Å². The first-order valence-electron chi connectivity index (χ1n) is 7.66. The lowest BCUT2D eigenvalue weighted by Crippen LogP contribution is -2.01. The van der Waals surface area contributed by atoms with Crippen molar-refractivity contribution >= 4 is 23.4 Å². The summed E-state index contributed by atoms with van der Waals surface area (Å²) in [5.41, 5.74) is 2.70. The van der Waals surface area contributed by atoms with Crippen molar-refractivity contribution in [2.24, 2.45) is 0 Å². The van der Waals surface area contributed by atoms with E-state index in [9.17, 15) is 4.39 Å². The fourth-order valence-corrected chi connectivity index (χ4v) is 3.86. The molecule has 3 rings (SSSR count). The second-order valence-electron chi connectivity index (χ2n) is 5.35. The summed E-state index contributed by atoms with van der Waals surface area (Å²) in [4.78, 5) is 0. The molecular formula is C18H17ClFN3S. The summed E-state index contributed by atoms with van der Waals surface area (Å²) in [7, 11) is 0. The maximum absolute atomic E-state index is 13.9. The first-order valence-corrected chi connectivity index (χ1v) is 9.03. The summed E-state index contributed by atoms with van der Waals surface area (Å²) in [6.45, 7) is 4.84. The minimum absolute atomic E-state index is 0.295. The lowest BCUT2D eigenvalue weighted by Gasteiger charge is -2.10. The highest BCUT2D eigenvalue weighted by molar-refractivity contribution is 7.98. The van der Waals surface area contributed by atoms with Crippen molar-refractivity contribution in [3.8, 4) is 11.4 Å². The Morgan fingerprint density at radius 1 is 1.12 bits per heavy atom. The van der Waals surface area contributed by atoms with Crippen molar-refractivity contribution in [1.82, 2.24) is 14.8 Å². The molecule has 0 aliphatic carbocycles. The summed E-state index contributed by atoms with van der Waals surface area (Å²) in [6, 6.07) is 12.8. The third-order valence-electron chi connectivity index (χ3n) is 3.83. The molecule has 0 atom stereocenters. The number of rotatable bonds is 5. The number of hydrogen-bond acceptors (Lipinski definition) is 3. The second kappa shape index (κ2) is 7.36. The van der Waals surface area contributed by atoms with E-state index >= 15 is 0 Å². The van der Waals surface area contributed by atoms with Gasteiger partial charge >= 0.3 is 0 Å². The van der Waals surface area contributed by atoms with Gasteiger partial charge in [-0.15, -0.1) is 10.2 Å². The van der Waals surface area contributed by atoms with Crippen LogP contribution in [0.15, 0.2) is 47.6 Å². The molecule has 124 valence electrons. The standard InChI is InChI=1S/C18H17ClFN3S/c1-3-23-17(13-8-5-4-7-12(13)2)21-22-18(23)24-11-14-15(19)9-6-10-16(14)20/h4-10H,3,11H2,1-2H3.